The van der Waals surface area contributed by atoms with Crippen molar-refractivity contribution in [3.05, 3.63) is 95.1 Å². The van der Waals surface area contributed by atoms with Gasteiger partial charge in [0, 0.05) is 217 Å². The molecule has 3 amide bonds. The number of nitrogens with one attached hydrogen (secondary N) is 1. The number of nitrogens with zero attached hydrogens (tertiary/aromatic N) is 13. The molecule has 5 N–H and O–H groups in total. The molecule has 0 aliphatic heterocycles. The minimum absolute atomic E-state index is 0. The summed E-state index contributed by atoms with van der Waals surface area (Å²) in [4.78, 5) is 132. The largest absolute Gasteiger partial charge is 1.00 e. The summed E-state index contributed by atoms with van der Waals surface area (Å²) in [6.45, 7) is 33.9. The summed E-state index contributed by atoms with van der Waals surface area (Å²) in [5.74, 6) is 1.02. The van der Waals surface area contributed by atoms with Crippen LogP contribution in [0.25, 0.3) is 0 Å². The molecule has 2 atom stereocenters. The smallest absolute Gasteiger partial charge is 1.00 e. The van der Waals surface area contributed by atoms with E-state index in [9.17, 15) is 43.5 Å². The van der Waals surface area contributed by atoms with E-state index in [1.807, 2.05) is 6.92 Å². The van der Waals surface area contributed by atoms with Gasteiger partial charge in [-0.2, -0.15) is 0 Å². The first kappa shape index (κ1) is 129. The van der Waals surface area contributed by atoms with Crippen LogP contribution in [0.1, 0.15) is 208 Å². The summed E-state index contributed by atoms with van der Waals surface area (Å²) in [5.41, 5.74) is 4.23. The molecular formula is C63H105B12Cl5N15NaO17S. The molecule has 0 saturated carbocycles. The van der Waals surface area contributed by atoms with Gasteiger partial charge in [-0.15, -0.1) is 24.0 Å². The van der Waals surface area contributed by atoms with Crippen LogP contribution < -0.4 is 55.3 Å². The number of aromatic nitrogens is 10. The standard InChI is InChI=1S/C12H18ClN3O2.C12H19N3O3.C12H17N3O3.C10H18O5.C7H9N3O.C6H5ClN2O.CH5N.CH4O.2CH4.B11.B.Cl2OS.ClH.Na.H/c1-8(13)9-6-14-10(15-7-9)16(5)11(17)18-12(2,3)4;2*1-8(16)9-6-13-10(14-7-9)15(5)11(17)18-12(2,3)4;1-9(2,3)14-7(11)13-8(12)15-10(4,5)6;1-5(11)6-3-9-7(8-2)10-4-6;1-4(10)5-2-8-6(7)9-3-5;2*1-2;;;1-7-10(6)11(8(2)3)9(4)5;;1-4(2)3;;;/h6-8H,1-5H3;6-8,16H,1-5H3;6-7H,1-5H3;1-6H3;3-4H,1-2H3,(H,8,9,10);2-3H,1H3;2H2,1H3;2H,1H3;2*1H4;;;;1H;;/q;;;;;;;;;;;;;;+1;-1. The molecule has 51 heteroatoms. The molecule has 5 heterocycles. The van der Waals surface area contributed by atoms with Crippen LogP contribution in [0.15, 0.2) is 62.0 Å². The Hall–Kier alpha value is -5.98. The Morgan fingerprint density at radius 3 is 0.947 bits per heavy atom. The number of rotatable bonds is 13. The Balaban J connectivity index is -0.000000120. The average molecular weight is 1710 g/mol. The maximum atomic E-state index is 11.8. The van der Waals surface area contributed by atoms with Gasteiger partial charge >= 0.3 is 60.1 Å². The van der Waals surface area contributed by atoms with Crippen LogP contribution in [0.4, 0.5) is 47.8 Å². The van der Waals surface area contributed by atoms with Gasteiger partial charge < -0.3 is 51.1 Å². The topological polar surface area (TPSA) is 426 Å². The third kappa shape index (κ3) is 66.1. The van der Waals surface area contributed by atoms with Crippen LogP contribution in [-0.4, -0.2) is 270 Å². The van der Waals surface area contributed by atoms with Crippen LogP contribution in [-0.2, 0) is 37.6 Å². The first-order valence-electron chi connectivity index (χ1n) is 32.2. The second-order valence-corrected chi connectivity index (χ2v) is 30.0. The Bertz CT molecular complexity index is 3420. The Morgan fingerprint density at radius 2 is 0.754 bits per heavy atom. The SMILES string of the molecule is C.C.CC(=O)c1cnc(Cl)nc1.CC(=O)c1cnc(N(C)C(=O)OC(C)(C)C)nc1.CC(C)(C)OC(=O)OC(=O)OC(C)(C)C.CC(Cl)c1cnc(N(C)C(=O)OC(C)(C)C)nc1.CC(O)c1cnc(N(C)C(=O)OC(C)(C)C)nc1.CN.CNc1ncc(C(C)=O)cn1.CO.Cl.O=S(Cl)Cl.[B].[B][B]B([B])B(B([B])[B])B([B])[B].[H-].[Na+]. The van der Waals surface area contributed by atoms with Gasteiger partial charge in [-0.1, -0.05) is 14.9 Å². The number of ether oxygens (including phenoxy) is 6. The van der Waals surface area contributed by atoms with Crippen molar-refractivity contribution < 1.29 is 112 Å². The predicted octanol–water partition coefficient (Wildman–Crippen LogP) is 6.49. The van der Waals surface area contributed by atoms with E-state index in [0.717, 1.165) is 12.7 Å². The van der Waals surface area contributed by atoms with E-state index in [1.165, 1.54) is 113 Å². The molecule has 16 radical (unpaired) electrons. The quantitative estimate of drug-likeness (QED) is 0.0143. The first-order chi connectivity index (χ1) is 49.8. The molecule has 5 aromatic heterocycles. The fraction of sp³-hybridized carbons (Fsp3) is 0.556. The minimum Gasteiger partial charge on any atom is -1.00 e. The van der Waals surface area contributed by atoms with Gasteiger partial charge in [0.15, 0.2) is 17.3 Å². The van der Waals surface area contributed by atoms with Crippen molar-refractivity contribution in [1.29, 1.82) is 0 Å². The van der Waals surface area contributed by atoms with Crippen molar-refractivity contribution in [3.8, 4) is 0 Å². The average Bonchev–Trinajstić information content (AvgIpc) is 0.871. The Labute approximate surface area is 737 Å². The fourth-order valence-corrected chi connectivity index (χ4v) is 6.19. The molecule has 5 rings (SSSR count). The first-order valence-corrected chi connectivity index (χ1v) is 35.8. The van der Waals surface area contributed by atoms with Crippen molar-refractivity contribution in [2.24, 2.45) is 5.73 Å². The molecular weight excluding hydrogens is 1600 g/mol. The third-order valence-electron chi connectivity index (χ3n) is 11.0. The minimum atomic E-state index is -1.67. The van der Waals surface area contributed by atoms with Crippen molar-refractivity contribution in [2.75, 3.05) is 62.4 Å². The molecule has 2 unspecified atom stereocenters. The second-order valence-electron chi connectivity index (χ2n) is 26.5. The zero-order valence-corrected chi connectivity index (χ0v) is 75.3. The van der Waals surface area contributed by atoms with E-state index in [4.69, 9.17) is 103 Å². The van der Waals surface area contributed by atoms with Crippen LogP contribution >= 0.6 is 57.0 Å². The number of Topliss-reactive ketones (excluding diaryl/α,β-unsaturated/α-hetero) is 3. The number of halogens is 5. The Morgan fingerprint density at radius 1 is 0.526 bits per heavy atom. The van der Waals surface area contributed by atoms with Gasteiger partial charge in [-0.25, -0.2) is 92.7 Å². The molecule has 612 valence electrons. The van der Waals surface area contributed by atoms with Crippen molar-refractivity contribution in [2.45, 2.75) is 193 Å². The third-order valence-corrected chi connectivity index (χ3v) is 11.5. The van der Waals surface area contributed by atoms with Gasteiger partial charge in [-0.05, 0) is 157 Å². The number of carbonyl (C=O) groups is 8. The molecule has 114 heavy (non-hydrogen) atoms. The van der Waals surface area contributed by atoms with E-state index in [1.54, 1.807) is 137 Å². The van der Waals surface area contributed by atoms with E-state index < -0.39 is 93.1 Å². The van der Waals surface area contributed by atoms with Crippen LogP contribution in [0.5, 0.6) is 0 Å². The van der Waals surface area contributed by atoms with Crippen molar-refractivity contribution >= 4 is 225 Å². The van der Waals surface area contributed by atoms with Gasteiger partial charge in [-0.3, -0.25) is 14.4 Å². The number of nitrogens with two attached hydrogens (primary N) is 1. The number of alkyl halides is 1. The molecule has 0 aliphatic rings. The summed E-state index contributed by atoms with van der Waals surface area (Å²) in [5, 5.41) is 19.1. The summed E-state index contributed by atoms with van der Waals surface area (Å²) in [6, 6.07) is 0. The van der Waals surface area contributed by atoms with Gasteiger partial charge in [0.1, 0.15) is 28.0 Å². The summed E-state index contributed by atoms with van der Waals surface area (Å²) in [7, 11) is 49.7. The van der Waals surface area contributed by atoms with E-state index >= 15 is 0 Å². The zero-order valence-electron chi connectivity index (χ0n) is 69.6. The summed E-state index contributed by atoms with van der Waals surface area (Å²) in [6.07, 6.45) is 8.27. The molecule has 0 bridgehead atoms. The van der Waals surface area contributed by atoms with E-state index in [2.05, 4.69) is 87.0 Å². The number of ketones is 3. The molecule has 0 spiro atoms. The van der Waals surface area contributed by atoms with Crippen LogP contribution in [0.2, 0.25) is 5.28 Å². The maximum absolute atomic E-state index is 11.8. The predicted molar refractivity (Wildman–Crippen MR) is 466 cm³/mol. The maximum Gasteiger partial charge on any atom is 1.00 e. The number of hydrogen-bond donors (Lipinski definition) is 4. The van der Waals surface area contributed by atoms with Crippen molar-refractivity contribution in [1.82, 2.24) is 49.8 Å². The monoisotopic (exact) mass is 1710 g/mol. The number of carbonyl (C=O) groups excluding carboxylic acids is 8. The second kappa shape index (κ2) is 65.0. The van der Waals surface area contributed by atoms with Crippen molar-refractivity contribution in [3.63, 3.8) is 0 Å². The molecule has 32 nitrogen and oxygen atoms in total. The number of aliphatic hydroxyl groups excluding tert-OH is 2. The number of aliphatic hydroxyl groups is 2. The Kier molecular flexibility index (Phi) is 73.4. The zero-order chi connectivity index (χ0) is 86.5. The fourth-order valence-electron chi connectivity index (χ4n) is 5.98. The molecule has 5 aromatic rings. The van der Waals surface area contributed by atoms with Gasteiger partial charge in [0.2, 0.25) is 38.3 Å². The van der Waals surface area contributed by atoms with E-state index in [0.29, 0.717) is 28.2 Å². The van der Waals surface area contributed by atoms with Gasteiger partial charge in [0.25, 0.3) is 0 Å². The molecule has 0 aromatic carbocycles. The number of hydrogen-bond acceptors (Lipinski definition) is 29. The van der Waals surface area contributed by atoms with Crippen LogP contribution in [0.3, 0.4) is 0 Å². The molecule has 0 saturated heterocycles. The summed E-state index contributed by atoms with van der Waals surface area (Å²) >= 11 is 11.3. The number of amides is 3. The van der Waals surface area contributed by atoms with Crippen LogP contribution in [0, 0.1) is 0 Å². The number of anilines is 4. The van der Waals surface area contributed by atoms with Gasteiger partial charge in [0.05, 0.1) is 28.2 Å². The van der Waals surface area contributed by atoms with E-state index in [-0.39, 0.29) is 119 Å². The summed E-state index contributed by atoms with van der Waals surface area (Å²) < 4.78 is 38.5. The normalized spacial score (nSPS) is 10.3. The molecule has 0 fully saturated rings. The molecule has 0 aliphatic carbocycles.